The first-order chi connectivity index (χ1) is 8.58. The summed E-state index contributed by atoms with van der Waals surface area (Å²) in [5.74, 6) is -0.857. The fraction of sp³-hybridized carbons (Fsp3) is 0.400. The van der Waals surface area contributed by atoms with E-state index in [-0.39, 0.29) is 15.3 Å². The summed E-state index contributed by atoms with van der Waals surface area (Å²) >= 11 is 2.84. The van der Waals surface area contributed by atoms with Gasteiger partial charge in [-0.1, -0.05) is 6.92 Å². The van der Waals surface area contributed by atoms with Gasteiger partial charge in [-0.2, -0.15) is 17.5 Å². The molecule has 0 unspecified atom stereocenters. The van der Waals surface area contributed by atoms with E-state index in [1.807, 2.05) is 0 Å². The lowest BCUT2D eigenvalue weighted by Crippen LogP contribution is -2.38. The largest absolute Gasteiger partial charge is 0.402 e. The molecule has 1 aromatic carbocycles. The molecule has 1 aromatic rings. The molecule has 0 spiro atoms. The summed E-state index contributed by atoms with van der Waals surface area (Å²) in [6.07, 6.45) is -4.66. The van der Waals surface area contributed by atoms with Crippen molar-refractivity contribution >= 4 is 26.0 Å². The van der Waals surface area contributed by atoms with Gasteiger partial charge in [0.2, 0.25) is 10.0 Å². The van der Waals surface area contributed by atoms with Crippen molar-refractivity contribution in [3.05, 3.63) is 28.5 Å². The van der Waals surface area contributed by atoms with Crippen LogP contribution < -0.4 is 0 Å². The molecule has 0 saturated heterocycles. The maximum atomic E-state index is 13.3. The zero-order valence-electron chi connectivity index (χ0n) is 9.71. The first kappa shape index (κ1) is 16.4. The van der Waals surface area contributed by atoms with Gasteiger partial charge in [-0.3, -0.25) is 0 Å². The fourth-order valence-corrected chi connectivity index (χ4v) is 3.05. The summed E-state index contributed by atoms with van der Waals surface area (Å²) in [5, 5.41) is 0. The Bertz CT molecular complexity index is 559. The Labute approximate surface area is 116 Å². The molecule has 0 saturated carbocycles. The topological polar surface area (TPSA) is 37.4 Å². The van der Waals surface area contributed by atoms with E-state index in [1.165, 1.54) is 6.92 Å². The lowest BCUT2D eigenvalue weighted by atomic mass is 10.3. The van der Waals surface area contributed by atoms with Gasteiger partial charge in [-0.25, -0.2) is 12.8 Å². The molecule has 3 nitrogen and oxygen atoms in total. The Morgan fingerprint density at radius 2 is 1.89 bits per heavy atom. The van der Waals surface area contributed by atoms with Crippen LogP contribution in [0.15, 0.2) is 27.6 Å². The summed E-state index contributed by atoms with van der Waals surface area (Å²) in [5.41, 5.74) is 0. The monoisotopic (exact) mass is 363 g/mol. The third-order valence-electron chi connectivity index (χ3n) is 2.24. The minimum atomic E-state index is -4.66. The van der Waals surface area contributed by atoms with Crippen LogP contribution in [0.2, 0.25) is 0 Å². The van der Waals surface area contributed by atoms with Crippen LogP contribution in [0.5, 0.6) is 0 Å². The van der Waals surface area contributed by atoms with Gasteiger partial charge in [0, 0.05) is 6.54 Å². The van der Waals surface area contributed by atoms with Crippen molar-refractivity contribution in [1.29, 1.82) is 0 Å². The second-order valence-corrected chi connectivity index (χ2v) is 6.41. The van der Waals surface area contributed by atoms with Crippen molar-refractivity contribution in [1.82, 2.24) is 4.31 Å². The maximum absolute atomic E-state index is 13.3. The Morgan fingerprint density at radius 1 is 1.32 bits per heavy atom. The first-order valence-electron chi connectivity index (χ1n) is 5.10. The van der Waals surface area contributed by atoms with Crippen molar-refractivity contribution in [2.75, 3.05) is 13.1 Å². The Kier molecular flexibility index (Phi) is 4.97. The zero-order chi connectivity index (χ0) is 14.8. The number of rotatable bonds is 4. The summed E-state index contributed by atoms with van der Waals surface area (Å²) in [7, 11) is -4.37. The van der Waals surface area contributed by atoms with E-state index in [2.05, 4.69) is 15.9 Å². The normalized spacial score (nSPS) is 13.0. The molecule has 9 heteroatoms. The first-order valence-corrected chi connectivity index (χ1v) is 7.33. The van der Waals surface area contributed by atoms with Crippen LogP contribution in [-0.4, -0.2) is 32.0 Å². The second kappa shape index (κ2) is 5.76. The van der Waals surface area contributed by atoms with Crippen molar-refractivity contribution in [2.24, 2.45) is 0 Å². The minimum Gasteiger partial charge on any atom is -0.207 e. The molecule has 0 aromatic heterocycles. The molecule has 0 N–H and O–H groups in total. The number of halogens is 5. The minimum absolute atomic E-state index is 0.0327. The number of sulfonamides is 1. The molecular formula is C10H10BrF4NO2S. The second-order valence-electron chi connectivity index (χ2n) is 3.62. The van der Waals surface area contributed by atoms with Crippen molar-refractivity contribution < 1.29 is 26.0 Å². The van der Waals surface area contributed by atoms with Crippen LogP contribution >= 0.6 is 15.9 Å². The molecule has 1 rings (SSSR count). The van der Waals surface area contributed by atoms with E-state index >= 15 is 0 Å². The molecule has 0 amide bonds. The molecule has 0 fully saturated rings. The highest BCUT2D eigenvalue weighted by molar-refractivity contribution is 9.10. The number of nitrogens with zero attached hydrogens (tertiary/aromatic N) is 1. The summed E-state index contributed by atoms with van der Waals surface area (Å²) in [6, 6.07) is 2.85. The maximum Gasteiger partial charge on any atom is 0.402 e. The fourth-order valence-electron chi connectivity index (χ4n) is 1.35. The van der Waals surface area contributed by atoms with Crippen LogP contribution in [0.25, 0.3) is 0 Å². The number of alkyl halides is 3. The zero-order valence-corrected chi connectivity index (χ0v) is 12.1. The van der Waals surface area contributed by atoms with E-state index in [0.29, 0.717) is 6.07 Å². The van der Waals surface area contributed by atoms with E-state index in [0.717, 1.165) is 12.1 Å². The Morgan fingerprint density at radius 3 is 2.32 bits per heavy atom. The molecule has 19 heavy (non-hydrogen) atoms. The van der Waals surface area contributed by atoms with Crippen molar-refractivity contribution in [2.45, 2.75) is 18.0 Å². The highest BCUT2D eigenvalue weighted by atomic mass is 79.9. The van der Waals surface area contributed by atoms with Crippen molar-refractivity contribution in [3.63, 3.8) is 0 Å². The highest BCUT2D eigenvalue weighted by Gasteiger charge is 2.36. The van der Waals surface area contributed by atoms with Crippen LogP contribution in [0, 0.1) is 5.82 Å². The molecular weight excluding hydrogens is 354 g/mol. The third kappa shape index (κ3) is 4.15. The van der Waals surface area contributed by atoms with Gasteiger partial charge in [-0.15, -0.1) is 0 Å². The van der Waals surface area contributed by atoms with E-state index in [4.69, 9.17) is 0 Å². The summed E-state index contributed by atoms with van der Waals surface area (Å²) in [4.78, 5) is -0.515. The van der Waals surface area contributed by atoms with Gasteiger partial charge < -0.3 is 0 Å². The molecule has 0 aliphatic carbocycles. The lowest BCUT2D eigenvalue weighted by Gasteiger charge is -2.21. The number of hydrogen-bond donors (Lipinski definition) is 0. The van der Waals surface area contributed by atoms with Gasteiger partial charge in [0.05, 0.1) is 9.37 Å². The molecule has 108 valence electrons. The quantitative estimate of drug-likeness (QED) is 0.770. The average molecular weight is 364 g/mol. The molecule has 0 aliphatic rings. The Balaban J connectivity index is 3.17. The third-order valence-corrected chi connectivity index (χ3v) is 4.80. The van der Waals surface area contributed by atoms with Crippen LogP contribution in [0.4, 0.5) is 17.6 Å². The number of benzene rings is 1. The van der Waals surface area contributed by atoms with Crippen LogP contribution in [-0.2, 0) is 10.0 Å². The van der Waals surface area contributed by atoms with Crippen LogP contribution in [0.3, 0.4) is 0 Å². The molecule has 0 radical (unpaired) electrons. The number of hydrogen-bond acceptors (Lipinski definition) is 2. The molecule has 0 heterocycles. The summed E-state index contributed by atoms with van der Waals surface area (Å²) < 4.78 is 74.3. The highest BCUT2D eigenvalue weighted by Crippen LogP contribution is 2.25. The van der Waals surface area contributed by atoms with Crippen molar-refractivity contribution in [3.8, 4) is 0 Å². The SMILES string of the molecule is CCN(CC(F)(F)F)S(=O)(=O)c1ccc(Br)c(F)c1. The predicted molar refractivity (Wildman–Crippen MR) is 64.6 cm³/mol. The molecule has 0 aliphatic heterocycles. The van der Waals surface area contributed by atoms with E-state index in [1.54, 1.807) is 0 Å². The van der Waals surface area contributed by atoms with Gasteiger partial charge in [0.15, 0.2) is 0 Å². The standard InChI is InChI=1S/C10H10BrF4NO2S/c1-2-16(6-10(13,14)15)19(17,18)7-3-4-8(11)9(12)5-7/h3-5H,2,6H2,1H3. The molecule has 0 atom stereocenters. The van der Waals surface area contributed by atoms with Gasteiger partial charge in [-0.05, 0) is 34.1 Å². The smallest absolute Gasteiger partial charge is 0.207 e. The van der Waals surface area contributed by atoms with Gasteiger partial charge in [0.1, 0.15) is 12.4 Å². The average Bonchev–Trinajstić information content (AvgIpc) is 2.28. The van der Waals surface area contributed by atoms with Gasteiger partial charge >= 0.3 is 6.18 Å². The predicted octanol–water partition coefficient (Wildman–Crippen LogP) is 3.16. The van der Waals surface area contributed by atoms with E-state index < -0.39 is 33.5 Å². The Hall–Kier alpha value is -0.670. The van der Waals surface area contributed by atoms with Crippen LogP contribution in [0.1, 0.15) is 6.92 Å². The molecule has 0 bridgehead atoms. The lowest BCUT2D eigenvalue weighted by molar-refractivity contribution is -0.135. The summed E-state index contributed by atoms with van der Waals surface area (Å²) in [6.45, 7) is -0.693. The van der Waals surface area contributed by atoms with E-state index in [9.17, 15) is 26.0 Å². The van der Waals surface area contributed by atoms with Gasteiger partial charge in [0.25, 0.3) is 0 Å².